The molecule has 0 aliphatic carbocycles. The summed E-state index contributed by atoms with van der Waals surface area (Å²) in [6.07, 6.45) is 1.55. The summed E-state index contributed by atoms with van der Waals surface area (Å²) in [5.74, 6) is -0.0874. The Morgan fingerprint density at radius 2 is 2.50 bits per heavy atom. The number of anilines is 1. The van der Waals surface area contributed by atoms with Crippen LogP contribution in [0.25, 0.3) is 0 Å². The van der Waals surface area contributed by atoms with E-state index in [2.05, 4.69) is 10.3 Å². The van der Waals surface area contributed by atoms with E-state index >= 15 is 0 Å². The summed E-state index contributed by atoms with van der Waals surface area (Å²) in [6.45, 7) is 0.265. The molecule has 0 bridgehead atoms. The largest absolute Gasteiger partial charge is 0.397 e. The quantitative estimate of drug-likeness (QED) is 0.622. The van der Waals surface area contributed by atoms with Gasteiger partial charge < -0.3 is 11.1 Å². The van der Waals surface area contributed by atoms with Gasteiger partial charge in [0.25, 0.3) is 0 Å². The second-order valence-electron chi connectivity index (χ2n) is 2.39. The van der Waals surface area contributed by atoms with E-state index in [-0.39, 0.29) is 12.3 Å². The van der Waals surface area contributed by atoms with Gasteiger partial charge in [0, 0.05) is 6.20 Å². The van der Waals surface area contributed by atoms with Crippen LogP contribution in [0.4, 0.5) is 5.69 Å². The molecule has 3 N–H and O–H groups in total. The number of nitrogens with two attached hydrogens (primary N) is 1. The van der Waals surface area contributed by atoms with Gasteiger partial charge >= 0.3 is 0 Å². The van der Waals surface area contributed by atoms with Gasteiger partial charge in [-0.15, -0.1) is 0 Å². The fourth-order valence-electron chi connectivity index (χ4n) is 0.895. The van der Waals surface area contributed by atoms with Gasteiger partial charge in [0.1, 0.15) is 5.69 Å². The molecule has 4 heteroatoms. The first-order valence-corrected chi connectivity index (χ1v) is 3.64. The van der Waals surface area contributed by atoms with Crippen molar-refractivity contribution in [2.75, 3.05) is 19.3 Å². The van der Waals surface area contributed by atoms with Gasteiger partial charge in [-0.1, -0.05) is 0 Å². The van der Waals surface area contributed by atoms with Gasteiger partial charge in [0.2, 0.25) is 0 Å². The Hall–Kier alpha value is -1.42. The van der Waals surface area contributed by atoms with Crippen molar-refractivity contribution in [2.24, 2.45) is 0 Å². The van der Waals surface area contributed by atoms with E-state index < -0.39 is 0 Å². The van der Waals surface area contributed by atoms with Crippen LogP contribution in [-0.4, -0.2) is 24.4 Å². The van der Waals surface area contributed by atoms with E-state index in [1.165, 1.54) is 0 Å². The molecule has 0 aromatic carbocycles. The highest BCUT2D eigenvalue weighted by molar-refractivity contribution is 6.00. The zero-order chi connectivity index (χ0) is 8.97. The third-order valence-corrected chi connectivity index (χ3v) is 1.44. The van der Waals surface area contributed by atoms with Crippen molar-refractivity contribution < 1.29 is 4.79 Å². The fraction of sp³-hybridized carbons (Fsp3) is 0.250. The highest BCUT2D eigenvalue weighted by Gasteiger charge is 2.08. The van der Waals surface area contributed by atoms with Crippen molar-refractivity contribution in [3.63, 3.8) is 0 Å². The number of aromatic nitrogens is 1. The molecule has 0 aliphatic heterocycles. The first kappa shape index (κ1) is 8.67. The van der Waals surface area contributed by atoms with Crippen LogP contribution in [0.3, 0.4) is 0 Å². The standard InChI is InChI=1S/C8H11N3O/c1-10-5-7(12)8-6(9)3-2-4-11-8/h2-4,10H,5,9H2,1H3. The molecule has 0 atom stereocenters. The topological polar surface area (TPSA) is 68.0 Å². The minimum atomic E-state index is -0.0874. The van der Waals surface area contributed by atoms with Gasteiger partial charge in [0.15, 0.2) is 5.78 Å². The summed E-state index contributed by atoms with van der Waals surface area (Å²) in [5, 5.41) is 2.75. The first-order valence-electron chi connectivity index (χ1n) is 3.64. The molecule has 64 valence electrons. The number of carbonyl (C=O) groups is 1. The van der Waals surface area contributed by atoms with E-state index in [0.717, 1.165) is 0 Å². The van der Waals surface area contributed by atoms with E-state index in [4.69, 9.17) is 5.73 Å². The fourth-order valence-corrected chi connectivity index (χ4v) is 0.895. The van der Waals surface area contributed by atoms with Crippen molar-refractivity contribution in [3.8, 4) is 0 Å². The number of rotatable bonds is 3. The highest BCUT2D eigenvalue weighted by atomic mass is 16.1. The summed E-state index contributed by atoms with van der Waals surface area (Å²) < 4.78 is 0. The minimum absolute atomic E-state index is 0.0874. The van der Waals surface area contributed by atoms with Crippen LogP contribution in [0, 0.1) is 0 Å². The van der Waals surface area contributed by atoms with Gasteiger partial charge in [-0.05, 0) is 19.2 Å². The number of ketones is 1. The molecule has 1 heterocycles. The van der Waals surface area contributed by atoms with Crippen molar-refractivity contribution >= 4 is 11.5 Å². The normalized spacial score (nSPS) is 9.75. The molecule has 0 amide bonds. The zero-order valence-corrected chi connectivity index (χ0v) is 6.87. The second-order valence-corrected chi connectivity index (χ2v) is 2.39. The maximum atomic E-state index is 11.3. The Morgan fingerprint density at radius 3 is 3.08 bits per heavy atom. The molecule has 0 unspecified atom stereocenters. The molecular weight excluding hydrogens is 154 g/mol. The second kappa shape index (κ2) is 3.82. The minimum Gasteiger partial charge on any atom is -0.397 e. The lowest BCUT2D eigenvalue weighted by molar-refractivity contribution is 0.0990. The lowest BCUT2D eigenvalue weighted by Gasteiger charge is -2.01. The number of pyridine rings is 1. The van der Waals surface area contributed by atoms with Crippen LogP contribution in [-0.2, 0) is 0 Å². The van der Waals surface area contributed by atoms with Crippen LogP contribution in [0.5, 0.6) is 0 Å². The Bertz CT molecular complexity index is 285. The third kappa shape index (κ3) is 1.79. The average Bonchev–Trinajstić information content (AvgIpc) is 2.05. The Balaban J connectivity index is 2.87. The van der Waals surface area contributed by atoms with Crippen LogP contribution < -0.4 is 11.1 Å². The number of Topliss-reactive ketones (excluding diaryl/α,β-unsaturated/α-hetero) is 1. The Labute approximate surface area is 70.8 Å². The Morgan fingerprint density at radius 1 is 1.75 bits per heavy atom. The molecule has 1 aromatic rings. The van der Waals surface area contributed by atoms with Crippen molar-refractivity contribution in [2.45, 2.75) is 0 Å². The SMILES string of the molecule is CNCC(=O)c1ncccc1N. The van der Waals surface area contributed by atoms with E-state index in [9.17, 15) is 4.79 Å². The van der Waals surface area contributed by atoms with Crippen LogP contribution in [0.1, 0.15) is 10.5 Å². The van der Waals surface area contributed by atoms with Gasteiger partial charge in [-0.25, -0.2) is 0 Å². The van der Waals surface area contributed by atoms with Crippen molar-refractivity contribution in [3.05, 3.63) is 24.0 Å². The number of nitrogens with zero attached hydrogens (tertiary/aromatic N) is 1. The number of nitrogens with one attached hydrogen (secondary N) is 1. The molecular formula is C8H11N3O. The molecule has 1 aromatic heterocycles. The molecule has 1 rings (SSSR count). The molecule has 0 saturated heterocycles. The molecule has 4 nitrogen and oxygen atoms in total. The number of carbonyl (C=O) groups excluding carboxylic acids is 1. The highest BCUT2D eigenvalue weighted by Crippen LogP contribution is 2.06. The summed E-state index contributed by atoms with van der Waals surface area (Å²) in [6, 6.07) is 3.36. The molecule has 0 aliphatic rings. The lowest BCUT2D eigenvalue weighted by Crippen LogP contribution is -2.20. The molecule has 12 heavy (non-hydrogen) atoms. The van der Waals surface area contributed by atoms with Crippen LogP contribution in [0.2, 0.25) is 0 Å². The third-order valence-electron chi connectivity index (χ3n) is 1.44. The van der Waals surface area contributed by atoms with E-state index in [1.807, 2.05) is 0 Å². The maximum Gasteiger partial charge on any atom is 0.196 e. The smallest absolute Gasteiger partial charge is 0.196 e. The molecule has 0 spiro atoms. The summed E-state index contributed by atoms with van der Waals surface area (Å²) in [4.78, 5) is 15.1. The molecule has 0 radical (unpaired) electrons. The lowest BCUT2D eigenvalue weighted by atomic mass is 10.2. The van der Waals surface area contributed by atoms with E-state index in [0.29, 0.717) is 11.4 Å². The summed E-state index contributed by atoms with van der Waals surface area (Å²) >= 11 is 0. The first-order chi connectivity index (χ1) is 5.75. The zero-order valence-electron chi connectivity index (χ0n) is 6.87. The predicted octanol–water partition coefficient (Wildman–Crippen LogP) is 0.0659. The van der Waals surface area contributed by atoms with Crippen molar-refractivity contribution in [1.29, 1.82) is 0 Å². The molecule has 0 saturated carbocycles. The summed E-state index contributed by atoms with van der Waals surface area (Å²) in [5.41, 5.74) is 6.31. The number of hydrogen-bond donors (Lipinski definition) is 2. The van der Waals surface area contributed by atoms with E-state index in [1.54, 1.807) is 25.4 Å². The average molecular weight is 165 g/mol. The Kier molecular flexibility index (Phi) is 2.76. The predicted molar refractivity (Wildman–Crippen MR) is 46.9 cm³/mol. The van der Waals surface area contributed by atoms with Gasteiger partial charge in [0.05, 0.1) is 12.2 Å². The summed E-state index contributed by atoms with van der Waals surface area (Å²) in [7, 11) is 1.71. The number of likely N-dealkylation sites (N-methyl/N-ethyl adjacent to an activating group) is 1. The van der Waals surface area contributed by atoms with Crippen LogP contribution in [0.15, 0.2) is 18.3 Å². The van der Waals surface area contributed by atoms with Gasteiger partial charge in [-0.2, -0.15) is 0 Å². The molecule has 0 fully saturated rings. The number of hydrogen-bond acceptors (Lipinski definition) is 4. The van der Waals surface area contributed by atoms with Gasteiger partial charge in [-0.3, -0.25) is 9.78 Å². The monoisotopic (exact) mass is 165 g/mol. The van der Waals surface area contributed by atoms with Crippen LogP contribution >= 0.6 is 0 Å². The van der Waals surface area contributed by atoms with Crippen molar-refractivity contribution in [1.82, 2.24) is 10.3 Å². The number of nitrogen functional groups attached to an aromatic ring is 1. The maximum absolute atomic E-state index is 11.3.